The molecule has 0 heterocycles. The Morgan fingerprint density at radius 3 is 2.75 bits per heavy atom. The highest BCUT2D eigenvalue weighted by atomic mass is 16.5. The third-order valence-electron chi connectivity index (χ3n) is 3.55. The van der Waals surface area contributed by atoms with Gasteiger partial charge in [0.25, 0.3) is 0 Å². The minimum atomic E-state index is 0.0452. The summed E-state index contributed by atoms with van der Waals surface area (Å²) in [6.45, 7) is 0.229. The van der Waals surface area contributed by atoms with E-state index < -0.39 is 0 Å². The molecule has 1 aromatic rings. The zero-order valence-corrected chi connectivity index (χ0v) is 9.52. The predicted octanol–water partition coefficient (Wildman–Crippen LogP) is 1.33. The molecule has 2 N–H and O–H groups in total. The van der Waals surface area contributed by atoms with E-state index in [1.54, 1.807) is 7.11 Å². The maximum atomic E-state index is 9.45. The van der Waals surface area contributed by atoms with Gasteiger partial charge in [-0.15, -0.1) is 0 Å². The summed E-state index contributed by atoms with van der Waals surface area (Å²) in [6.07, 6.45) is 1.83. The van der Waals surface area contributed by atoms with E-state index in [1.807, 2.05) is 18.2 Å². The molecule has 0 aliphatic heterocycles. The monoisotopic (exact) mass is 222 g/mol. The largest absolute Gasteiger partial charge is 0.496 e. The van der Waals surface area contributed by atoms with Crippen LogP contribution in [0.1, 0.15) is 23.5 Å². The van der Waals surface area contributed by atoms with Crippen molar-refractivity contribution in [3.8, 4) is 5.75 Å². The first-order valence-corrected chi connectivity index (χ1v) is 5.69. The molecule has 0 spiro atoms. The minimum absolute atomic E-state index is 0.0452. The predicted molar refractivity (Wildman–Crippen MR) is 61.7 cm³/mol. The van der Waals surface area contributed by atoms with E-state index in [0.717, 1.165) is 24.2 Å². The number of fused-ring (bicyclic) bond motifs is 1. The van der Waals surface area contributed by atoms with Crippen LogP contribution >= 0.6 is 0 Å². The number of benzene rings is 1. The van der Waals surface area contributed by atoms with Crippen LogP contribution in [0, 0.1) is 5.92 Å². The summed E-state index contributed by atoms with van der Waals surface area (Å²) in [7, 11) is 1.67. The van der Waals surface area contributed by atoms with Crippen LogP contribution in [-0.2, 0) is 6.42 Å². The quantitative estimate of drug-likeness (QED) is 0.811. The molecule has 3 nitrogen and oxygen atoms in total. The zero-order chi connectivity index (χ0) is 11.5. The molecule has 2 rings (SSSR count). The molecule has 16 heavy (non-hydrogen) atoms. The number of aliphatic hydroxyl groups is 2. The van der Waals surface area contributed by atoms with Gasteiger partial charge in [0.05, 0.1) is 13.7 Å². The normalized spacial score (nSPS) is 23.9. The summed E-state index contributed by atoms with van der Waals surface area (Å²) in [4.78, 5) is 0. The van der Waals surface area contributed by atoms with Gasteiger partial charge in [0, 0.05) is 12.5 Å². The lowest BCUT2D eigenvalue weighted by atomic mass is 9.75. The van der Waals surface area contributed by atoms with E-state index in [1.165, 1.54) is 5.56 Å². The molecule has 88 valence electrons. The number of methoxy groups -OCH3 is 1. The van der Waals surface area contributed by atoms with Crippen LogP contribution in [0.4, 0.5) is 0 Å². The second-order valence-corrected chi connectivity index (χ2v) is 4.30. The molecule has 1 aliphatic rings. The van der Waals surface area contributed by atoms with Crippen molar-refractivity contribution in [3.05, 3.63) is 29.3 Å². The molecule has 0 radical (unpaired) electrons. The Bertz CT molecular complexity index is 362. The second kappa shape index (κ2) is 4.85. The Labute approximate surface area is 95.7 Å². The van der Waals surface area contributed by atoms with Crippen molar-refractivity contribution in [2.24, 2.45) is 5.92 Å². The van der Waals surface area contributed by atoms with Gasteiger partial charge < -0.3 is 14.9 Å². The fourth-order valence-electron chi connectivity index (χ4n) is 2.64. The van der Waals surface area contributed by atoms with Crippen LogP contribution in [0.3, 0.4) is 0 Å². The van der Waals surface area contributed by atoms with Crippen molar-refractivity contribution in [2.45, 2.75) is 18.8 Å². The Hall–Kier alpha value is -1.06. The summed E-state index contributed by atoms with van der Waals surface area (Å²) in [5.41, 5.74) is 2.32. The van der Waals surface area contributed by atoms with Crippen molar-refractivity contribution >= 4 is 0 Å². The van der Waals surface area contributed by atoms with Gasteiger partial charge in [0.2, 0.25) is 0 Å². The van der Waals surface area contributed by atoms with Gasteiger partial charge in [-0.1, -0.05) is 12.1 Å². The van der Waals surface area contributed by atoms with Gasteiger partial charge in [-0.05, 0) is 36.0 Å². The molecule has 0 unspecified atom stereocenters. The van der Waals surface area contributed by atoms with Crippen molar-refractivity contribution < 1.29 is 14.9 Å². The highest BCUT2D eigenvalue weighted by Crippen LogP contribution is 2.39. The number of hydrogen-bond acceptors (Lipinski definition) is 3. The number of hydrogen-bond donors (Lipinski definition) is 2. The van der Waals surface area contributed by atoms with Crippen molar-refractivity contribution in [1.82, 2.24) is 0 Å². The summed E-state index contributed by atoms with van der Waals surface area (Å²) >= 11 is 0. The summed E-state index contributed by atoms with van der Waals surface area (Å²) < 4.78 is 5.33. The zero-order valence-electron chi connectivity index (χ0n) is 9.52. The first-order chi connectivity index (χ1) is 7.81. The average Bonchev–Trinajstić information content (AvgIpc) is 2.36. The molecular weight excluding hydrogens is 204 g/mol. The topological polar surface area (TPSA) is 49.7 Å². The van der Waals surface area contributed by atoms with Gasteiger partial charge in [0.15, 0.2) is 0 Å². The molecule has 0 fully saturated rings. The molecule has 3 heteroatoms. The van der Waals surface area contributed by atoms with Crippen LogP contribution < -0.4 is 4.74 Å². The maximum absolute atomic E-state index is 9.45. The fourth-order valence-corrected chi connectivity index (χ4v) is 2.64. The number of aliphatic hydroxyl groups excluding tert-OH is 2. The van der Waals surface area contributed by atoms with Crippen molar-refractivity contribution in [1.29, 1.82) is 0 Å². The van der Waals surface area contributed by atoms with Crippen molar-refractivity contribution in [2.75, 3.05) is 20.3 Å². The summed E-state index contributed by atoms with van der Waals surface area (Å²) in [5.74, 6) is 1.11. The lowest BCUT2D eigenvalue weighted by molar-refractivity contribution is 0.145. The third-order valence-corrected chi connectivity index (χ3v) is 3.55. The van der Waals surface area contributed by atoms with Gasteiger partial charge in [-0.2, -0.15) is 0 Å². The highest BCUT2D eigenvalue weighted by Gasteiger charge is 2.29. The summed E-state index contributed by atoms with van der Waals surface area (Å²) in [5, 5.41) is 18.8. The van der Waals surface area contributed by atoms with E-state index in [9.17, 15) is 10.2 Å². The van der Waals surface area contributed by atoms with Crippen molar-refractivity contribution in [3.63, 3.8) is 0 Å². The van der Waals surface area contributed by atoms with E-state index in [4.69, 9.17) is 4.74 Å². The van der Waals surface area contributed by atoms with E-state index in [-0.39, 0.29) is 25.0 Å². The lowest BCUT2D eigenvalue weighted by Crippen LogP contribution is -2.26. The van der Waals surface area contributed by atoms with Gasteiger partial charge >= 0.3 is 0 Å². The number of ether oxygens (including phenoxy) is 1. The first kappa shape index (κ1) is 11.4. The molecule has 1 aromatic carbocycles. The molecule has 0 saturated carbocycles. The first-order valence-electron chi connectivity index (χ1n) is 5.69. The molecule has 0 aromatic heterocycles. The lowest BCUT2D eigenvalue weighted by Gasteiger charge is -2.32. The van der Waals surface area contributed by atoms with Gasteiger partial charge in [-0.25, -0.2) is 0 Å². The van der Waals surface area contributed by atoms with Gasteiger partial charge in [-0.3, -0.25) is 0 Å². The smallest absolute Gasteiger partial charge is 0.122 e. The summed E-state index contributed by atoms with van der Waals surface area (Å²) in [6, 6.07) is 5.92. The standard InChI is InChI=1S/C13H18O3/c1-16-13-4-2-3-10-11(13)6-5-9(7-14)12(10)8-15/h2-4,9,12,14-15H,5-8H2,1H3/t9-,12+/m0/s1. The van der Waals surface area contributed by atoms with Crippen LogP contribution in [0.2, 0.25) is 0 Å². The molecule has 0 bridgehead atoms. The number of rotatable bonds is 3. The molecule has 2 atom stereocenters. The Morgan fingerprint density at radius 2 is 2.12 bits per heavy atom. The van der Waals surface area contributed by atoms with E-state index in [2.05, 4.69) is 0 Å². The van der Waals surface area contributed by atoms with Gasteiger partial charge in [0.1, 0.15) is 5.75 Å². The Balaban J connectivity index is 2.41. The third kappa shape index (κ3) is 1.81. The Kier molecular flexibility index (Phi) is 3.46. The van der Waals surface area contributed by atoms with Crippen LogP contribution in [0.15, 0.2) is 18.2 Å². The molecule has 0 saturated heterocycles. The maximum Gasteiger partial charge on any atom is 0.122 e. The highest BCUT2D eigenvalue weighted by molar-refractivity contribution is 5.44. The minimum Gasteiger partial charge on any atom is -0.496 e. The second-order valence-electron chi connectivity index (χ2n) is 4.30. The molecular formula is C13H18O3. The van der Waals surface area contributed by atoms with Crippen LogP contribution in [0.5, 0.6) is 5.75 Å². The Morgan fingerprint density at radius 1 is 1.31 bits per heavy atom. The SMILES string of the molecule is COc1cccc2c1CC[C@@H](CO)[C@H]2CO. The van der Waals surface area contributed by atoms with Crippen LogP contribution in [0.25, 0.3) is 0 Å². The van der Waals surface area contributed by atoms with E-state index >= 15 is 0 Å². The average molecular weight is 222 g/mol. The molecule has 0 amide bonds. The van der Waals surface area contributed by atoms with E-state index in [0.29, 0.717) is 0 Å². The fraction of sp³-hybridized carbons (Fsp3) is 0.538. The van der Waals surface area contributed by atoms with Crippen LogP contribution in [-0.4, -0.2) is 30.5 Å². The molecule has 1 aliphatic carbocycles.